The number of amidine groups is 1. The summed E-state index contributed by atoms with van der Waals surface area (Å²) in [5.41, 5.74) is 6.04. The van der Waals surface area contributed by atoms with Crippen LogP contribution in [0.5, 0.6) is 5.75 Å². The molecule has 0 fully saturated rings. The van der Waals surface area contributed by atoms with E-state index in [1.165, 1.54) is 6.33 Å². The molecule has 0 atom stereocenters. The summed E-state index contributed by atoms with van der Waals surface area (Å²) in [7, 11) is 0. The number of aromatic nitrogens is 3. The third-order valence-electron chi connectivity index (χ3n) is 2.22. The molecule has 0 aliphatic heterocycles. The Morgan fingerprint density at radius 1 is 1.35 bits per heavy atom. The minimum Gasteiger partial charge on any atom is -0.492 e. The van der Waals surface area contributed by atoms with Crippen molar-refractivity contribution < 1.29 is 4.74 Å². The summed E-state index contributed by atoms with van der Waals surface area (Å²) in [6.07, 6.45) is 3.13. The molecule has 6 heteroatoms. The lowest BCUT2D eigenvalue weighted by atomic mass is 10.2. The number of rotatable bonds is 5. The Morgan fingerprint density at radius 2 is 2.12 bits per heavy atom. The molecular formula is C11H13N5O. The summed E-state index contributed by atoms with van der Waals surface area (Å²) in [5.74, 6) is 0.800. The van der Waals surface area contributed by atoms with Crippen molar-refractivity contribution in [3.05, 3.63) is 42.5 Å². The summed E-state index contributed by atoms with van der Waals surface area (Å²) in [6.45, 7) is 1.16. The first-order valence-corrected chi connectivity index (χ1v) is 5.15. The minimum absolute atomic E-state index is 0.0548. The van der Waals surface area contributed by atoms with Crippen LogP contribution >= 0.6 is 0 Å². The Hall–Kier alpha value is -2.37. The van der Waals surface area contributed by atoms with Gasteiger partial charge in [0.15, 0.2) is 0 Å². The number of nitrogens with two attached hydrogens (primary N) is 1. The highest BCUT2D eigenvalue weighted by atomic mass is 16.5. The molecule has 0 bridgehead atoms. The third-order valence-corrected chi connectivity index (χ3v) is 2.22. The Morgan fingerprint density at radius 3 is 2.71 bits per heavy atom. The Bertz CT molecular complexity index is 477. The maximum absolute atomic E-state index is 7.26. The second kappa shape index (κ2) is 5.11. The van der Waals surface area contributed by atoms with E-state index < -0.39 is 0 Å². The van der Waals surface area contributed by atoms with E-state index in [1.54, 1.807) is 35.3 Å². The van der Waals surface area contributed by atoms with E-state index in [0.717, 1.165) is 5.75 Å². The normalized spacial score (nSPS) is 10.1. The van der Waals surface area contributed by atoms with Crippen LogP contribution in [0.1, 0.15) is 5.56 Å². The maximum atomic E-state index is 7.26. The molecule has 1 aromatic heterocycles. The number of benzene rings is 1. The topological polar surface area (TPSA) is 89.8 Å². The number of ether oxygens (including phenoxy) is 1. The fourth-order valence-corrected chi connectivity index (χ4v) is 1.34. The van der Waals surface area contributed by atoms with Gasteiger partial charge in [-0.25, -0.2) is 9.67 Å². The van der Waals surface area contributed by atoms with Crippen LogP contribution in [0.25, 0.3) is 0 Å². The van der Waals surface area contributed by atoms with Crippen molar-refractivity contribution in [1.82, 2.24) is 14.8 Å². The predicted octanol–water partition coefficient (Wildman–Crippen LogP) is 0.641. The van der Waals surface area contributed by atoms with Gasteiger partial charge in [-0.05, 0) is 24.3 Å². The molecular weight excluding hydrogens is 218 g/mol. The molecule has 17 heavy (non-hydrogen) atoms. The van der Waals surface area contributed by atoms with Gasteiger partial charge in [-0.1, -0.05) is 0 Å². The molecule has 0 radical (unpaired) electrons. The van der Waals surface area contributed by atoms with Crippen molar-refractivity contribution >= 4 is 5.84 Å². The third kappa shape index (κ3) is 3.04. The van der Waals surface area contributed by atoms with E-state index in [0.29, 0.717) is 18.7 Å². The highest BCUT2D eigenvalue weighted by molar-refractivity contribution is 5.94. The molecule has 88 valence electrons. The number of hydrogen-bond donors (Lipinski definition) is 2. The van der Waals surface area contributed by atoms with Crippen molar-refractivity contribution in [1.29, 1.82) is 5.41 Å². The standard InChI is InChI=1S/C11H13N5O/c12-11(13)9-1-3-10(4-2-9)17-6-5-16-8-14-7-15-16/h1-4,7-8H,5-6H2,(H3,12,13). The SMILES string of the molecule is N=C(N)c1ccc(OCCn2cncn2)cc1. The molecule has 2 aromatic rings. The van der Waals surface area contributed by atoms with E-state index in [4.69, 9.17) is 15.9 Å². The monoisotopic (exact) mass is 231 g/mol. The smallest absolute Gasteiger partial charge is 0.137 e. The van der Waals surface area contributed by atoms with Crippen LogP contribution in [0.3, 0.4) is 0 Å². The summed E-state index contributed by atoms with van der Waals surface area (Å²) in [6, 6.07) is 7.09. The van der Waals surface area contributed by atoms with Gasteiger partial charge in [-0.15, -0.1) is 0 Å². The average molecular weight is 231 g/mol. The zero-order valence-electron chi connectivity index (χ0n) is 9.21. The molecule has 0 unspecified atom stereocenters. The molecule has 6 nitrogen and oxygen atoms in total. The molecule has 1 heterocycles. The Kier molecular flexibility index (Phi) is 3.34. The van der Waals surface area contributed by atoms with E-state index in [1.807, 2.05) is 0 Å². The number of nitrogen functional groups attached to an aromatic ring is 1. The van der Waals surface area contributed by atoms with E-state index in [2.05, 4.69) is 10.1 Å². The van der Waals surface area contributed by atoms with Gasteiger partial charge < -0.3 is 10.5 Å². The van der Waals surface area contributed by atoms with Gasteiger partial charge in [0.2, 0.25) is 0 Å². The van der Waals surface area contributed by atoms with Crippen LogP contribution in [-0.2, 0) is 6.54 Å². The molecule has 0 amide bonds. The highest BCUT2D eigenvalue weighted by Crippen LogP contribution is 2.11. The first-order chi connectivity index (χ1) is 8.25. The van der Waals surface area contributed by atoms with E-state index in [9.17, 15) is 0 Å². The van der Waals surface area contributed by atoms with Gasteiger partial charge in [-0.2, -0.15) is 5.10 Å². The molecule has 0 aliphatic carbocycles. The lowest BCUT2D eigenvalue weighted by Gasteiger charge is -2.06. The van der Waals surface area contributed by atoms with Crippen LogP contribution in [0.15, 0.2) is 36.9 Å². The molecule has 2 rings (SSSR count). The number of nitrogens with zero attached hydrogens (tertiary/aromatic N) is 3. The first-order valence-electron chi connectivity index (χ1n) is 5.15. The molecule has 1 aromatic carbocycles. The second-order valence-corrected chi connectivity index (χ2v) is 3.45. The molecule has 0 saturated heterocycles. The van der Waals surface area contributed by atoms with Crippen LogP contribution in [0.4, 0.5) is 0 Å². The fourth-order valence-electron chi connectivity index (χ4n) is 1.34. The first kappa shape index (κ1) is 11.1. The maximum Gasteiger partial charge on any atom is 0.137 e. The lowest BCUT2D eigenvalue weighted by Crippen LogP contribution is -2.11. The quantitative estimate of drug-likeness (QED) is 0.583. The van der Waals surface area contributed by atoms with Crippen LogP contribution in [0, 0.1) is 5.41 Å². The van der Waals surface area contributed by atoms with Crippen LogP contribution < -0.4 is 10.5 Å². The second-order valence-electron chi connectivity index (χ2n) is 3.45. The minimum atomic E-state index is 0.0548. The van der Waals surface area contributed by atoms with E-state index >= 15 is 0 Å². The molecule has 3 N–H and O–H groups in total. The van der Waals surface area contributed by atoms with Crippen LogP contribution in [0.2, 0.25) is 0 Å². The summed E-state index contributed by atoms with van der Waals surface area (Å²) in [5, 5.41) is 11.2. The van der Waals surface area contributed by atoms with Crippen LogP contribution in [-0.4, -0.2) is 27.2 Å². The van der Waals surface area contributed by atoms with Gasteiger partial charge in [0.1, 0.15) is 30.8 Å². The largest absolute Gasteiger partial charge is 0.492 e. The summed E-state index contributed by atoms with van der Waals surface area (Å²) < 4.78 is 7.21. The van der Waals surface area contributed by atoms with Gasteiger partial charge in [0, 0.05) is 5.56 Å². The zero-order chi connectivity index (χ0) is 12.1. The number of hydrogen-bond acceptors (Lipinski definition) is 4. The lowest BCUT2D eigenvalue weighted by molar-refractivity contribution is 0.291. The van der Waals surface area contributed by atoms with Gasteiger partial charge >= 0.3 is 0 Å². The summed E-state index contributed by atoms with van der Waals surface area (Å²) in [4.78, 5) is 3.84. The van der Waals surface area contributed by atoms with E-state index in [-0.39, 0.29) is 5.84 Å². The average Bonchev–Trinajstić information content (AvgIpc) is 2.83. The Balaban J connectivity index is 1.85. The molecule has 0 aliphatic rings. The van der Waals surface area contributed by atoms with Crippen molar-refractivity contribution in [3.63, 3.8) is 0 Å². The molecule has 0 spiro atoms. The van der Waals surface area contributed by atoms with Crippen molar-refractivity contribution in [2.24, 2.45) is 5.73 Å². The van der Waals surface area contributed by atoms with Crippen molar-refractivity contribution in [3.8, 4) is 5.75 Å². The van der Waals surface area contributed by atoms with Gasteiger partial charge in [0.05, 0.1) is 6.54 Å². The Labute approximate surface area is 98.5 Å². The zero-order valence-corrected chi connectivity index (χ0v) is 9.21. The predicted molar refractivity (Wildman–Crippen MR) is 63.0 cm³/mol. The van der Waals surface area contributed by atoms with Crippen molar-refractivity contribution in [2.45, 2.75) is 6.54 Å². The van der Waals surface area contributed by atoms with Gasteiger partial charge in [0.25, 0.3) is 0 Å². The summed E-state index contributed by atoms with van der Waals surface area (Å²) >= 11 is 0. The number of nitrogens with one attached hydrogen (secondary N) is 1. The molecule has 0 saturated carbocycles. The fraction of sp³-hybridized carbons (Fsp3) is 0.182. The van der Waals surface area contributed by atoms with Crippen molar-refractivity contribution in [2.75, 3.05) is 6.61 Å². The highest BCUT2D eigenvalue weighted by Gasteiger charge is 1.98. The van der Waals surface area contributed by atoms with Gasteiger partial charge in [-0.3, -0.25) is 5.41 Å².